The number of hydrogen-bond donors (Lipinski definition) is 0. The molecule has 0 saturated carbocycles. The number of nitro benzene ring substituents is 1. The molecule has 4 aromatic rings. The van der Waals surface area contributed by atoms with Gasteiger partial charge in [0, 0.05) is 21.1 Å². The van der Waals surface area contributed by atoms with Gasteiger partial charge in [0.15, 0.2) is 0 Å². The van der Waals surface area contributed by atoms with Crippen molar-refractivity contribution >= 4 is 50.3 Å². The molecule has 0 spiro atoms. The monoisotopic (exact) mass is 544 g/mol. The molecular weight excluding hydrogens is 531 g/mol. The second-order valence-electron chi connectivity index (χ2n) is 7.20. The maximum Gasteiger partial charge on any atom is 0.313 e. The van der Waals surface area contributed by atoms with E-state index in [-0.39, 0.29) is 22.9 Å². The average Bonchev–Trinajstić information content (AvgIpc) is 2.78. The third kappa shape index (κ3) is 4.97. The largest absolute Gasteiger partial charge is 0.481 e. The fourth-order valence-electron chi connectivity index (χ4n) is 3.29. The number of ether oxygens (including phenoxy) is 1. The average molecular weight is 546 g/mol. The summed E-state index contributed by atoms with van der Waals surface area (Å²) in [6.45, 7) is 1.48. The second kappa shape index (κ2) is 9.70. The second-order valence-corrected chi connectivity index (χ2v) is 8.55. The first kappa shape index (κ1) is 23.5. The van der Waals surface area contributed by atoms with Gasteiger partial charge in [0.25, 0.3) is 5.56 Å². The molecule has 172 valence electrons. The standard InChI is InChI=1S/C23H15BrClFN4O4/c1-13-28-20-6-5-16(24)9-19(20)23(31)29(13)27-11-15-8-17(25)10-21(30(32)33)22(15)34-12-14-3-2-4-18(26)7-14/h2-11H,12H2,1H3. The van der Waals surface area contributed by atoms with Crippen molar-refractivity contribution in [1.29, 1.82) is 0 Å². The Morgan fingerprint density at radius 3 is 2.79 bits per heavy atom. The lowest BCUT2D eigenvalue weighted by Gasteiger charge is -2.11. The SMILES string of the molecule is Cc1nc2ccc(Br)cc2c(=O)n1N=Cc1cc(Cl)cc([N+](=O)[O-])c1OCc1cccc(F)c1. The van der Waals surface area contributed by atoms with Crippen molar-refractivity contribution in [2.75, 3.05) is 0 Å². The minimum absolute atomic E-state index is 0.0795. The van der Waals surface area contributed by atoms with E-state index in [0.717, 1.165) is 10.7 Å². The van der Waals surface area contributed by atoms with Crippen LogP contribution in [0.1, 0.15) is 17.0 Å². The lowest BCUT2D eigenvalue weighted by Crippen LogP contribution is -2.20. The number of fused-ring (bicyclic) bond motifs is 1. The molecule has 4 rings (SSSR count). The number of rotatable bonds is 6. The minimum Gasteiger partial charge on any atom is -0.481 e. The van der Waals surface area contributed by atoms with Crippen molar-refractivity contribution < 1.29 is 14.1 Å². The van der Waals surface area contributed by atoms with Crippen LogP contribution in [0.15, 0.2) is 69.0 Å². The topological polar surface area (TPSA) is 99.6 Å². The number of nitrogens with zero attached hydrogens (tertiary/aromatic N) is 4. The van der Waals surface area contributed by atoms with E-state index in [1.54, 1.807) is 31.2 Å². The zero-order chi connectivity index (χ0) is 24.4. The third-order valence-corrected chi connectivity index (χ3v) is 5.53. The predicted octanol–water partition coefficient (Wildman–Crippen LogP) is 5.63. The van der Waals surface area contributed by atoms with Crippen LogP contribution in [-0.4, -0.2) is 20.8 Å². The number of aromatic nitrogens is 2. The van der Waals surface area contributed by atoms with Crippen LogP contribution in [0.3, 0.4) is 0 Å². The molecule has 0 aliphatic heterocycles. The zero-order valence-corrected chi connectivity index (χ0v) is 19.9. The Kier molecular flexibility index (Phi) is 6.71. The summed E-state index contributed by atoms with van der Waals surface area (Å²) in [5, 5.41) is 16.3. The smallest absolute Gasteiger partial charge is 0.313 e. The van der Waals surface area contributed by atoms with Crippen LogP contribution in [0.25, 0.3) is 10.9 Å². The molecule has 0 bridgehead atoms. The van der Waals surface area contributed by atoms with Crippen LogP contribution in [0.4, 0.5) is 10.1 Å². The predicted molar refractivity (Wildman–Crippen MR) is 130 cm³/mol. The van der Waals surface area contributed by atoms with Crippen LogP contribution < -0.4 is 10.3 Å². The van der Waals surface area contributed by atoms with E-state index >= 15 is 0 Å². The number of benzene rings is 3. The van der Waals surface area contributed by atoms with E-state index in [4.69, 9.17) is 16.3 Å². The quantitative estimate of drug-likeness (QED) is 0.178. The Balaban J connectivity index is 1.78. The van der Waals surface area contributed by atoms with Crippen molar-refractivity contribution in [1.82, 2.24) is 9.66 Å². The minimum atomic E-state index is -0.642. The lowest BCUT2D eigenvalue weighted by molar-refractivity contribution is -0.385. The van der Waals surface area contributed by atoms with E-state index in [0.29, 0.717) is 26.8 Å². The van der Waals surface area contributed by atoms with Crippen LogP contribution in [0.5, 0.6) is 5.75 Å². The lowest BCUT2D eigenvalue weighted by atomic mass is 10.1. The van der Waals surface area contributed by atoms with Gasteiger partial charge in [0.05, 0.1) is 22.0 Å². The van der Waals surface area contributed by atoms with E-state index in [2.05, 4.69) is 26.0 Å². The molecule has 0 aliphatic rings. The molecule has 0 N–H and O–H groups in total. The molecule has 3 aromatic carbocycles. The number of halogens is 3. The number of aryl methyl sites for hydroxylation is 1. The zero-order valence-electron chi connectivity index (χ0n) is 17.5. The Bertz CT molecular complexity index is 1520. The molecule has 0 unspecified atom stereocenters. The maximum absolute atomic E-state index is 13.5. The van der Waals surface area contributed by atoms with Gasteiger partial charge in [-0.1, -0.05) is 39.7 Å². The molecule has 1 aromatic heterocycles. The Morgan fingerprint density at radius 1 is 1.26 bits per heavy atom. The highest BCUT2D eigenvalue weighted by Gasteiger charge is 2.21. The van der Waals surface area contributed by atoms with Gasteiger partial charge in [-0.05, 0) is 48.9 Å². The summed E-state index contributed by atoms with van der Waals surface area (Å²) in [4.78, 5) is 28.4. The third-order valence-electron chi connectivity index (χ3n) is 4.81. The van der Waals surface area contributed by atoms with Crippen LogP contribution in [0, 0.1) is 22.9 Å². The van der Waals surface area contributed by atoms with E-state index < -0.39 is 22.0 Å². The Hall–Kier alpha value is -3.63. The number of hydrogen-bond acceptors (Lipinski definition) is 6. The molecule has 11 heteroatoms. The van der Waals surface area contributed by atoms with Gasteiger partial charge in [-0.15, -0.1) is 0 Å². The van der Waals surface area contributed by atoms with Crippen molar-refractivity contribution in [3.63, 3.8) is 0 Å². The van der Waals surface area contributed by atoms with Gasteiger partial charge >= 0.3 is 5.69 Å². The van der Waals surface area contributed by atoms with Crippen molar-refractivity contribution in [3.05, 3.63) is 107 Å². The summed E-state index contributed by atoms with van der Waals surface area (Å²) in [5.74, 6) is -0.266. The van der Waals surface area contributed by atoms with Gasteiger partial charge in [-0.2, -0.15) is 9.78 Å². The molecule has 0 amide bonds. The molecule has 0 aliphatic carbocycles. The van der Waals surface area contributed by atoms with Gasteiger partial charge in [0.2, 0.25) is 5.75 Å². The summed E-state index contributed by atoms with van der Waals surface area (Å²) in [6, 6.07) is 13.4. The fraction of sp³-hybridized carbons (Fsp3) is 0.0870. The van der Waals surface area contributed by atoms with Crippen LogP contribution in [-0.2, 0) is 6.61 Å². The summed E-state index contributed by atoms with van der Waals surface area (Å²) < 4.78 is 21.0. The van der Waals surface area contributed by atoms with Crippen molar-refractivity contribution in [2.24, 2.45) is 5.10 Å². The maximum atomic E-state index is 13.5. The molecule has 0 radical (unpaired) electrons. The molecule has 0 fully saturated rings. The summed E-state index contributed by atoms with van der Waals surface area (Å²) in [5.41, 5.74) is 0.336. The fourth-order valence-corrected chi connectivity index (χ4v) is 3.87. The van der Waals surface area contributed by atoms with Gasteiger partial charge in [0.1, 0.15) is 18.2 Å². The Labute approximate surface area is 205 Å². The van der Waals surface area contributed by atoms with Gasteiger partial charge in [-0.3, -0.25) is 14.9 Å². The highest BCUT2D eigenvalue weighted by molar-refractivity contribution is 9.10. The highest BCUT2D eigenvalue weighted by atomic mass is 79.9. The molecule has 0 atom stereocenters. The molecule has 1 heterocycles. The molecule has 34 heavy (non-hydrogen) atoms. The van der Waals surface area contributed by atoms with Crippen molar-refractivity contribution in [3.8, 4) is 5.75 Å². The Morgan fingerprint density at radius 2 is 2.06 bits per heavy atom. The molecule has 8 nitrogen and oxygen atoms in total. The normalized spacial score (nSPS) is 11.3. The number of nitro groups is 1. The van der Waals surface area contributed by atoms with E-state index in [1.165, 1.54) is 30.5 Å². The van der Waals surface area contributed by atoms with Gasteiger partial charge < -0.3 is 4.74 Å². The molecular formula is C23H15BrClFN4O4. The van der Waals surface area contributed by atoms with Gasteiger partial charge in [-0.25, -0.2) is 9.37 Å². The first-order valence-electron chi connectivity index (χ1n) is 9.81. The summed E-state index contributed by atoms with van der Waals surface area (Å²) in [6.07, 6.45) is 1.24. The van der Waals surface area contributed by atoms with Crippen LogP contribution in [0.2, 0.25) is 5.02 Å². The summed E-state index contributed by atoms with van der Waals surface area (Å²) in [7, 11) is 0. The molecule has 0 saturated heterocycles. The summed E-state index contributed by atoms with van der Waals surface area (Å²) >= 11 is 9.42. The van der Waals surface area contributed by atoms with E-state index in [1.807, 2.05) is 0 Å². The van der Waals surface area contributed by atoms with Crippen LogP contribution >= 0.6 is 27.5 Å². The first-order chi connectivity index (χ1) is 16.2. The van der Waals surface area contributed by atoms with Crippen molar-refractivity contribution in [2.45, 2.75) is 13.5 Å². The highest BCUT2D eigenvalue weighted by Crippen LogP contribution is 2.34. The van der Waals surface area contributed by atoms with E-state index in [9.17, 15) is 19.3 Å². The first-order valence-corrected chi connectivity index (χ1v) is 11.0.